The van der Waals surface area contributed by atoms with Gasteiger partial charge in [-0.1, -0.05) is 13.8 Å². The minimum atomic E-state index is 0.215. The average molecular weight is 226 g/mol. The molecule has 1 heterocycles. The summed E-state index contributed by atoms with van der Waals surface area (Å²) in [5, 5.41) is 16.3. The van der Waals surface area contributed by atoms with Crippen LogP contribution in [0.2, 0.25) is 0 Å². The maximum atomic E-state index is 8.79. The number of hydrogen-bond donors (Lipinski definition) is 2. The van der Waals surface area contributed by atoms with Crippen molar-refractivity contribution in [2.24, 2.45) is 5.92 Å². The third kappa shape index (κ3) is 4.28. The van der Waals surface area contributed by atoms with E-state index in [1.807, 2.05) is 4.68 Å². The second-order valence-electron chi connectivity index (χ2n) is 4.55. The highest BCUT2D eigenvalue weighted by molar-refractivity contribution is 4.84. The van der Waals surface area contributed by atoms with Gasteiger partial charge in [-0.05, 0) is 19.3 Å². The molecule has 0 fully saturated rings. The summed E-state index contributed by atoms with van der Waals surface area (Å²) in [5.74, 6) is 1.52. The number of rotatable bonds is 7. The molecule has 5 heteroatoms. The summed E-state index contributed by atoms with van der Waals surface area (Å²) in [4.78, 5) is 4.23. The van der Waals surface area contributed by atoms with Crippen molar-refractivity contribution < 1.29 is 5.11 Å². The van der Waals surface area contributed by atoms with Crippen molar-refractivity contribution >= 4 is 0 Å². The lowest BCUT2D eigenvalue weighted by atomic mass is 10.2. The first-order valence-corrected chi connectivity index (χ1v) is 5.84. The van der Waals surface area contributed by atoms with E-state index in [-0.39, 0.29) is 6.61 Å². The summed E-state index contributed by atoms with van der Waals surface area (Å²) >= 11 is 0. The van der Waals surface area contributed by atoms with Gasteiger partial charge < -0.3 is 10.4 Å². The van der Waals surface area contributed by atoms with Gasteiger partial charge in [0, 0.05) is 19.2 Å². The molecule has 2 N–H and O–H groups in total. The Morgan fingerprint density at radius 1 is 1.44 bits per heavy atom. The Labute approximate surface area is 96.9 Å². The predicted octanol–water partition coefficient (Wildman–Crippen LogP) is 0.795. The van der Waals surface area contributed by atoms with E-state index in [4.69, 9.17) is 5.11 Å². The van der Waals surface area contributed by atoms with E-state index in [0.717, 1.165) is 18.8 Å². The monoisotopic (exact) mass is 226 g/mol. The first-order valence-electron chi connectivity index (χ1n) is 5.84. The number of nitrogens with zero attached hydrogens (tertiary/aromatic N) is 3. The number of nitrogens with one attached hydrogen (secondary N) is 1. The molecule has 0 aromatic carbocycles. The Balaban J connectivity index is 2.44. The first-order chi connectivity index (χ1) is 7.63. The number of aromatic nitrogens is 3. The van der Waals surface area contributed by atoms with Crippen molar-refractivity contribution in [2.75, 3.05) is 6.61 Å². The molecule has 1 atom stereocenters. The zero-order chi connectivity index (χ0) is 12.0. The van der Waals surface area contributed by atoms with E-state index >= 15 is 0 Å². The molecule has 1 aromatic rings. The molecule has 1 aromatic heterocycles. The molecule has 0 spiro atoms. The van der Waals surface area contributed by atoms with Crippen molar-refractivity contribution in [3.63, 3.8) is 0 Å². The Hall–Kier alpha value is -0.940. The van der Waals surface area contributed by atoms with Gasteiger partial charge in [0.25, 0.3) is 0 Å². The van der Waals surface area contributed by atoms with Gasteiger partial charge in [0.2, 0.25) is 0 Å². The molecule has 1 unspecified atom stereocenters. The lowest BCUT2D eigenvalue weighted by Crippen LogP contribution is -2.28. The molecule has 0 radical (unpaired) electrons. The van der Waals surface area contributed by atoms with Crippen LogP contribution in [0.5, 0.6) is 0 Å². The highest BCUT2D eigenvalue weighted by Gasteiger charge is 2.07. The zero-order valence-corrected chi connectivity index (χ0v) is 10.3. The number of hydrogen-bond acceptors (Lipinski definition) is 4. The van der Waals surface area contributed by atoms with Crippen molar-refractivity contribution in [3.8, 4) is 0 Å². The molecule has 0 aliphatic rings. The quantitative estimate of drug-likeness (QED) is 0.721. The molecule has 0 amide bonds. The molecule has 0 bridgehead atoms. The van der Waals surface area contributed by atoms with E-state index in [1.54, 1.807) is 6.33 Å². The average Bonchev–Trinajstić information content (AvgIpc) is 2.62. The summed E-state index contributed by atoms with van der Waals surface area (Å²) in [7, 11) is 0. The SMILES string of the molecule is CC(C)Cn1ncnc1CNC(C)CCO. The van der Waals surface area contributed by atoms with Gasteiger partial charge in [-0.3, -0.25) is 0 Å². The Bertz CT molecular complexity index is 298. The van der Waals surface area contributed by atoms with E-state index in [2.05, 4.69) is 36.2 Å². The highest BCUT2D eigenvalue weighted by atomic mass is 16.3. The molecular weight excluding hydrogens is 204 g/mol. The second-order valence-corrected chi connectivity index (χ2v) is 4.55. The molecule has 0 aliphatic heterocycles. The van der Waals surface area contributed by atoms with Gasteiger partial charge in [-0.2, -0.15) is 5.10 Å². The smallest absolute Gasteiger partial charge is 0.140 e. The fourth-order valence-electron chi connectivity index (χ4n) is 1.48. The van der Waals surface area contributed by atoms with Crippen LogP contribution in [0, 0.1) is 5.92 Å². The highest BCUT2D eigenvalue weighted by Crippen LogP contribution is 2.01. The zero-order valence-electron chi connectivity index (χ0n) is 10.3. The summed E-state index contributed by atoms with van der Waals surface area (Å²) in [6, 6.07) is 0.300. The van der Waals surface area contributed by atoms with Crippen LogP contribution >= 0.6 is 0 Å². The van der Waals surface area contributed by atoms with Crippen LogP contribution in [0.15, 0.2) is 6.33 Å². The standard InChI is InChI=1S/C11H22N4O/c1-9(2)7-15-11(13-8-14-15)6-12-10(3)4-5-16/h8-10,12,16H,4-7H2,1-3H3. The molecule has 0 aliphatic carbocycles. The van der Waals surface area contributed by atoms with Gasteiger partial charge in [0.15, 0.2) is 0 Å². The molecule has 1 rings (SSSR count). The van der Waals surface area contributed by atoms with Crippen molar-refractivity contribution in [1.82, 2.24) is 20.1 Å². The van der Waals surface area contributed by atoms with E-state index in [0.29, 0.717) is 18.5 Å². The Morgan fingerprint density at radius 2 is 2.19 bits per heavy atom. The van der Waals surface area contributed by atoms with Crippen molar-refractivity contribution in [2.45, 2.75) is 46.3 Å². The molecule has 5 nitrogen and oxygen atoms in total. The first kappa shape index (κ1) is 13.1. The van der Waals surface area contributed by atoms with Crippen LogP contribution in [0.3, 0.4) is 0 Å². The van der Waals surface area contributed by atoms with Gasteiger partial charge >= 0.3 is 0 Å². The summed E-state index contributed by atoms with van der Waals surface area (Å²) < 4.78 is 1.93. The lowest BCUT2D eigenvalue weighted by molar-refractivity contribution is 0.268. The predicted molar refractivity (Wildman–Crippen MR) is 62.9 cm³/mol. The van der Waals surface area contributed by atoms with Gasteiger partial charge in [-0.15, -0.1) is 0 Å². The van der Waals surface area contributed by atoms with E-state index in [9.17, 15) is 0 Å². The third-order valence-corrected chi connectivity index (χ3v) is 2.40. The fraction of sp³-hybridized carbons (Fsp3) is 0.818. The summed E-state index contributed by atoms with van der Waals surface area (Å²) in [6.07, 6.45) is 2.36. The third-order valence-electron chi connectivity index (χ3n) is 2.40. The van der Waals surface area contributed by atoms with Crippen LogP contribution in [-0.2, 0) is 13.1 Å². The Kier molecular flexibility index (Phi) is 5.42. The van der Waals surface area contributed by atoms with Crippen molar-refractivity contribution in [1.29, 1.82) is 0 Å². The molecular formula is C11H22N4O. The van der Waals surface area contributed by atoms with Crippen molar-refractivity contribution in [3.05, 3.63) is 12.2 Å². The van der Waals surface area contributed by atoms with Gasteiger partial charge in [0.05, 0.1) is 6.54 Å². The van der Waals surface area contributed by atoms with Gasteiger partial charge in [0.1, 0.15) is 12.2 Å². The van der Waals surface area contributed by atoms with Crippen LogP contribution in [0.25, 0.3) is 0 Å². The maximum absolute atomic E-state index is 8.79. The van der Waals surface area contributed by atoms with Crippen LogP contribution in [0.1, 0.15) is 33.0 Å². The summed E-state index contributed by atoms with van der Waals surface area (Å²) in [6.45, 7) is 8.19. The van der Waals surface area contributed by atoms with Crippen LogP contribution in [0.4, 0.5) is 0 Å². The van der Waals surface area contributed by atoms with Crippen LogP contribution in [-0.4, -0.2) is 32.5 Å². The van der Waals surface area contributed by atoms with Crippen LogP contribution < -0.4 is 5.32 Å². The number of aliphatic hydroxyl groups excluding tert-OH is 1. The van der Waals surface area contributed by atoms with Gasteiger partial charge in [-0.25, -0.2) is 9.67 Å². The van der Waals surface area contributed by atoms with E-state index in [1.165, 1.54) is 0 Å². The normalized spacial score (nSPS) is 13.3. The molecule has 92 valence electrons. The molecule has 16 heavy (non-hydrogen) atoms. The minimum absolute atomic E-state index is 0.215. The Morgan fingerprint density at radius 3 is 2.81 bits per heavy atom. The second kappa shape index (κ2) is 6.60. The largest absolute Gasteiger partial charge is 0.396 e. The molecule has 0 saturated carbocycles. The lowest BCUT2D eigenvalue weighted by Gasteiger charge is -2.13. The maximum Gasteiger partial charge on any atom is 0.140 e. The fourth-order valence-corrected chi connectivity index (χ4v) is 1.48. The number of aliphatic hydroxyl groups is 1. The molecule has 0 saturated heterocycles. The summed E-state index contributed by atoms with van der Waals surface area (Å²) in [5.41, 5.74) is 0. The van der Waals surface area contributed by atoms with E-state index < -0.39 is 0 Å². The topological polar surface area (TPSA) is 63.0 Å². The minimum Gasteiger partial charge on any atom is -0.396 e.